The van der Waals surface area contributed by atoms with Crippen LogP contribution in [0.1, 0.15) is 30.3 Å². The van der Waals surface area contributed by atoms with Crippen LogP contribution >= 0.6 is 11.6 Å². The van der Waals surface area contributed by atoms with E-state index in [1.807, 2.05) is 6.92 Å². The van der Waals surface area contributed by atoms with Crippen LogP contribution in [0.25, 0.3) is 0 Å². The Bertz CT molecular complexity index is 415. The van der Waals surface area contributed by atoms with Crippen molar-refractivity contribution in [1.29, 1.82) is 0 Å². The average Bonchev–Trinajstić information content (AvgIpc) is 2.26. The third kappa shape index (κ3) is 2.56. The number of hydrogen-bond donors (Lipinski definition) is 1. The number of nitrogens with zero attached hydrogens (tertiary/aromatic N) is 3. The minimum atomic E-state index is -0.718. The van der Waals surface area contributed by atoms with Crippen LogP contribution in [0.2, 0.25) is 5.15 Å². The van der Waals surface area contributed by atoms with Gasteiger partial charge in [0.05, 0.1) is 18.7 Å². The van der Waals surface area contributed by atoms with E-state index in [4.69, 9.17) is 11.6 Å². The lowest BCUT2D eigenvalue weighted by Gasteiger charge is -2.46. The van der Waals surface area contributed by atoms with Gasteiger partial charge in [0.25, 0.3) is 5.91 Å². The zero-order valence-corrected chi connectivity index (χ0v) is 10.3. The number of rotatable bonds is 3. The molecule has 1 fully saturated rings. The SMILES string of the molecule is CCCC1(O)CN(C(=O)c2ccc(Cl)nn2)C1. The predicted octanol–water partition coefficient (Wildman–Crippen LogP) is 1.12. The first-order valence-corrected chi connectivity index (χ1v) is 5.93. The highest BCUT2D eigenvalue weighted by molar-refractivity contribution is 6.29. The molecule has 1 aliphatic rings. The number of carbonyl (C=O) groups excluding carboxylic acids is 1. The molecule has 0 atom stereocenters. The summed E-state index contributed by atoms with van der Waals surface area (Å²) in [6.45, 7) is 2.74. The Morgan fingerprint density at radius 1 is 1.53 bits per heavy atom. The molecule has 0 saturated carbocycles. The van der Waals surface area contributed by atoms with Gasteiger partial charge < -0.3 is 10.0 Å². The topological polar surface area (TPSA) is 66.3 Å². The van der Waals surface area contributed by atoms with E-state index in [0.717, 1.165) is 6.42 Å². The number of hydrogen-bond acceptors (Lipinski definition) is 4. The fourth-order valence-electron chi connectivity index (χ4n) is 2.02. The summed E-state index contributed by atoms with van der Waals surface area (Å²) < 4.78 is 0. The van der Waals surface area contributed by atoms with Gasteiger partial charge in [0.15, 0.2) is 10.8 Å². The first-order valence-electron chi connectivity index (χ1n) is 5.55. The molecule has 1 aromatic rings. The van der Waals surface area contributed by atoms with E-state index >= 15 is 0 Å². The predicted molar refractivity (Wildman–Crippen MR) is 62.8 cm³/mol. The number of aliphatic hydroxyl groups is 1. The lowest BCUT2D eigenvalue weighted by molar-refractivity contribution is -0.0862. The molecule has 5 nitrogen and oxygen atoms in total. The van der Waals surface area contributed by atoms with Crippen LogP contribution < -0.4 is 0 Å². The Morgan fingerprint density at radius 2 is 2.24 bits per heavy atom. The first kappa shape index (κ1) is 12.3. The third-order valence-electron chi connectivity index (χ3n) is 2.82. The molecular weight excluding hydrogens is 242 g/mol. The highest BCUT2D eigenvalue weighted by Gasteiger charge is 2.43. The maximum atomic E-state index is 11.9. The van der Waals surface area contributed by atoms with E-state index in [2.05, 4.69) is 10.2 Å². The second-order valence-corrected chi connectivity index (χ2v) is 4.76. The van der Waals surface area contributed by atoms with Crippen LogP contribution in [0.5, 0.6) is 0 Å². The van der Waals surface area contributed by atoms with Crippen LogP contribution in [0, 0.1) is 0 Å². The summed E-state index contributed by atoms with van der Waals surface area (Å²) in [5.74, 6) is -0.213. The average molecular weight is 256 g/mol. The molecule has 1 amide bonds. The molecule has 1 aromatic heterocycles. The Labute approximate surface area is 104 Å². The second-order valence-electron chi connectivity index (χ2n) is 4.38. The Morgan fingerprint density at radius 3 is 2.76 bits per heavy atom. The molecule has 92 valence electrons. The molecule has 17 heavy (non-hydrogen) atoms. The molecule has 6 heteroatoms. The second kappa shape index (κ2) is 4.58. The number of halogens is 1. The van der Waals surface area contributed by atoms with E-state index in [1.165, 1.54) is 12.1 Å². The van der Waals surface area contributed by atoms with Gasteiger partial charge in [-0.05, 0) is 18.6 Å². The van der Waals surface area contributed by atoms with Crippen LogP contribution in [0.4, 0.5) is 0 Å². The lowest BCUT2D eigenvalue weighted by Crippen LogP contribution is -2.63. The minimum Gasteiger partial charge on any atom is -0.386 e. The monoisotopic (exact) mass is 255 g/mol. The van der Waals surface area contributed by atoms with E-state index in [0.29, 0.717) is 19.5 Å². The largest absolute Gasteiger partial charge is 0.386 e. The smallest absolute Gasteiger partial charge is 0.274 e. The molecule has 1 N–H and O–H groups in total. The zero-order valence-electron chi connectivity index (χ0n) is 9.56. The summed E-state index contributed by atoms with van der Waals surface area (Å²) in [4.78, 5) is 13.5. The van der Waals surface area contributed by atoms with Crippen LogP contribution in [-0.4, -0.2) is 44.8 Å². The van der Waals surface area contributed by atoms with Gasteiger partial charge in [-0.25, -0.2) is 0 Å². The summed E-state index contributed by atoms with van der Waals surface area (Å²) in [6, 6.07) is 3.06. The molecule has 1 saturated heterocycles. The first-order chi connectivity index (χ1) is 8.04. The van der Waals surface area contributed by atoms with E-state index in [1.54, 1.807) is 4.90 Å². The van der Waals surface area contributed by atoms with Crippen molar-refractivity contribution < 1.29 is 9.90 Å². The van der Waals surface area contributed by atoms with Crippen molar-refractivity contribution in [2.24, 2.45) is 0 Å². The van der Waals surface area contributed by atoms with Crippen LogP contribution in [-0.2, 0) is 0 Å². The van der Waals surface area contributed by atoms with Gasteiger partial charge in [0.1, 0.15) is 0 Å². The molecule has 0 radical (unpaired) electrons. The van der Waals surface area contributed by atoms with Crippen molar-refractivity contribution in [3.05, 3.63) is 23.0 Å². The summed E-state index contributed by atoms with van der Waals surface area (Å²) in [6.07, 6.45) is 1.61. The van der Waals surface area contributed by atoms with Gasteiger partial charge >= 0.3 is 0 Å². The fourth-order valence-corrected chi connectivity index (χ4v) is 2.12. The van der Waals surface area contributed by atoms with Gasteiger partial charge in [-0.3, -0.25) is 4.79 Å². The Kier molecular flexibility index (Phi) is 3.31. The molecule has 2 heterocycles. The Hall–Kier alpha value is -1.20. The van der Waals surface area contributed by atoms with Crippen molar-refractivity contribution in [2.45, 2.75) is 25.4 Å². The van der Waals surface area contributed by atoms with Gasteiger partial charge in [-0.2, -0.15) is 0 Å². The van der Waals surface area contributed by atoms with Crippen molar-refractivity contribution >= 4 is 17.5 Å². The number of aromatic nitrogens is 2. The Balaban J connectivity index is 1.97. The summed E-state index contributed by atoms with van der Waals surface area (Å²) in [7, 11) is 0. The lowest BCUT2D eigenvalue weighted by atomic mass is 9.89. The van der Waals surface area contributed by atoms with Gasteiger partial charge in [-0.1, -0.05) is 24.9 Å². The van der Waals surface area contributed by atoms with Crippen LogP contribution in [0.15, 0.2) is 12.1 Å². The summed E-state index contributed by atoms with van der Waals surface area (Å²) in [5, 5.41) is 17.6. The standard InChI is InChI=1S/C11H14ClN3O2/c1-2-5-11(17)6-15(7-11)10(16)8-3-4-9(12)14-13-8/h3-4,17H,2,5-7H2,1H3. The quantitative estimate of drug-likeness (QED) is 0.879. The number of likely N-dealkylation sites (tertiary alicyclic amines) is 1. The third-order valence-corrected chi connectivity index (χ3v) is 3.03. The van der Waals surface area contributed by atoms with Gasteiger partial charge in [-0.15, -0.1) is 10.2 Å². The van der Waals surface area contributed by atoms with Crippen LogP contribution in [0.3, 0.4) is 0 Å². The zero-order chi connectivity index (χ0) is 12.5. The summed E-state index contributed by atoms with van der Waals surface area (Å²) in [5.41, 5.74) is -0.461. The number of carbonyl (C=O) groups is 1. The fraction of sp³-hybridized carbons (Fsp3) is 0.545. The van der Waals surface area contributed by atoms with E-state index in [-0.39, 0.29) is 16.8 Å². The number of β-amino-alcohol motifs (C(OH)–C–C–N with tert-alkyl or cyclic N) is 1. The van der Waals surface area contributed by atoms with Gasteiger partial charge in [0, 0.05) is 0 Å². The molecular formula is C11H14ClN3O2. The highest BCUT2D eigenvalue weighted by atomic mass is 35.5. The maximum Gasteiger partial charge on any atom is 0.274 e. The normalized spacial score (nSPS) is 17.7. The van der Waals surface area contributed by atoms with Crippen molar-refractivity contribution in [3.8, 4) is 0 Å². The summed E-state index contributed by atoms with van der Waals surface area (Å²) >= 11 is 5.59. The molecule has 2 rings (SSSR count). The van der Waals surface area contributed by atoms with Gasteiger partial charge in [0.2, 0.25) is 0 Å². The molecule has 1 aliphatic heterocycles. The molecule has 0 spiro atoms. The molecule has 0 aromatic carbocycles. The molecule has 0 bridgehead atoms. The number of amides is 1. The van der Waals surface area contributed by atoms with Crippen molar-refractivity contribution in [1.82, 2.24) is 15.1 Å². The van der Waals surface area contributed by atoms with E-state index in [9.17, 15) is 9.90 Å². The van der Waals surface area contributed by atoms with E-state index < -0.39 is 5.60 Å². The maximum absolute atomic E-state index is 11.9. The molecule has 0 unspecified atom stereocenters. The van der Waals surface area contributed by atoms with Crippen molar-refractivity contribution in [2.75, 3.05) is 13.1 Å². The van der Waals surface area contributed by atoms with Crippen molar-refractivity contribution in [3.63, 3.8) is 0 Å². The minimum absolute atomic E-state index is 0.213. The highest BCUT2D eigenvalue weighted by Crippen LogP contribution is 2.26. The molecule has 0 aliphatic carbocycles.